The lowest BCUT2D eigenvalue weighted by Gasteiger charge is -2.33. The fraction of sp³-hybridized carbons (Fsp3) is 0.550. The van der Waals surface area contributed by atoms with Crippen LogP contribution in [0.15, 0.2) is 30.9 Å². The minimum atomic E-state index is -0.582. The third-order valence-electron chi connectivity index (χ3n) is 3.79. The molecular weight excluding hydrogens is 318 g/mol. The maximum Gasteiger partial charge on any atom is 0.410 e. The standard InChI is InChI=1S/C20H31NO4/c1-6-8-10-16(9-7-2)21(19(24)25-20(3,4)5)14-15-11-12-17(22)18(23)13-15/h6,11-13,16,22-23H,1,7-10,14H2,2-5H3. The van der Waals surface area contributed by atoms with E-state index in [9.17, 15) is 15.0 Å². The molecule has 0 aromatic heterocycles. The van der Waals surface area contributed by atoms with E-state index in [1.807, 2.05) is 26.8 Å². The van der Waals surface area contributed by atoms with Gasteiger partial charge in [-0.25, -0.2) is 4.79 Å². The number of aromatic hydroxyl groups is 2. The van der Waals surface area contributed by atoms with Crippen LogP contribution in [0.2, 0.25) is 0 Å². The van der Waals surface area contributed by atoms with Crippen molar-refractivity contribution in [3.63, 3.8) is 0 Å². The number of benzene rings is 1. The molecule has 0 fully saturated rings. The van der Waals surface area contributed by atoms with Crippen molar-refractivity contribution in [3.8, 4) is 11.5 Å². The first-order chi connectivity index (χ1) is 11.7. The molecule has 1 amide bonds. The summed E-state index contributed by atoms with van der Waals surface area (Å²) in [4.78, 5) is 14.5. The van der Waals surface area contributed by atoms with Crippen LogP contribution < -0.4 is 0 Å². The molecule has 1 atom stereocenters. The Morgan fingerprint density at radius 3 is 2.48 bits per heavy atom. The number of hydrogen-bond donors (Lipinski definition) is 2. The van der Waals surface area contributed by atoms with Crippen molar-refractivity contribution < 1.29 is 19.7 Å². The van der Waals surface area contributed by atoms with Crippen LogP contribution in [0, 0.1) is 0 Å². The van der Waals surface area contributed by atoms with Crippen LogP contribution in [0.25, 0.3) is 0 Å². The molecular formula is C20H31NO4. The van der Waals surface area contributed by atoms with Gasteiger partial charge in [0, 0.05) is 12.6 Å². The van der Waals surface area contributed by atoms with E-state index in [2.05, 4.69) is 13.5 Å². The van der Waals surface area contributed by atoms with E-state index in [0.29, 0.717) is 6.54 Å². The van der Waals surface area contributed by atoms with Gasteiger partial charge >= 0.3 is 6.09 Å². The van der Waals surface area contributed by atoms with Crippen molar-refractivity contribution in [2.24, 2.45) is 0 Å². The third kappa shape index (κ3) is 7.08. The molecule has 2 N–H and O–H groups in total. The molecule has 0 spiro atoms. The first kappa shape index (κ1) is 20.9. The van der Waals surface area contributed by atoms with Crippen molar-refractivity contribution in [1.82, 2.24) is 4.90 Å². The number of ether oxygens (including phenoxy) is 1. The van der Waals surface area contributed by atoms with Gasteiger partial charge in [0.15, 0.2) is 11.5 Å². The van der Waals surface area contributed by atoms with Crippen molar-refractivity contribution in [1.29, 1.82) is 0 Å². The van der Waals surface area contributed by atoms with Gasteiger partial charge in [-0.3, -0.25) is 0 Å². The van der Waals surface area contributed by atoms with Crippen LogP contribution in [0.3, 0.4) is 0 Å². The van der Waals surface area contributed by atoms with Gasteiger partial charge in [-0.05, 0) is 57.7 Å². The number of phenols is 2. The highest BCUT2D eigenvalue weighted by atomic mass is 16.6. The van der Waals surface area contributed by atoms with Gasteiger partial charge in [0.25, 0.3) is 0 Å². The fourth-order valence-electron chi connectivity index (χ4n) is 2.63. The highest BCUT2D eigenvalue weighted by molar-refractivity contribution is 5.68. The van der Waals surface area contributed by atoms with Gasteiger partial charge < -0.3 is 19.8 Å². The van der Waals surface area contributed by atoms with Crippen molar-refractivity contribution >= 4 is 6.09 Å². The van der Waals surface area contributed by atoms with Crippen molar-refractivity contribution in [2.45, 2.75) is 71.6 Å². The fourth-order valence-corrected chi connectivity index (χ4v) is 2.63. The Bertz CT molecular complexity index is 578. The van der Waals surface area contributed by atoms with Gasteiger partial charge in [0.1, 0.15) is 5.60 Å². The minimum Gasteiger partial charge on any atom is -0.504 e. The molecule has 0 aliphatic rings. The van der Waals surface area contributed by atoms with Crippen LogP contribution in [-0.4, -0.2) is 32.8 Å². The maximum absolute atomic E-state index is 12.8. The summed E-state index contributed by atoms with van der Waals surface area (Å²) >= 11 is 0. The number of amides is 1. The second kappa shape index (κ2) is 9.35. The predicted molar refractivity (Wildman–Crippen MR) is 99.7 cm³/mol. The Morgan fingerprint density at radius 1 is 1.28 bits per heavy atom. The Kier molecular flexibility index (Phi) is 7.81. The number of carbonyl (C=O) groups is 1. The summed E-state index contributed by atoms with van der Waals surface area (Å²) in [5, 5.41) is 19.2. The average Bonchev–Trinajstić information content (AvgIpc) is 2.51. The van der Waals surface area contributed by atoms with E-state index in [1.54, 1.807) is 11.0 Å². The molecule has 0 saturated heterocycles. The van der Waals surface area contributed by atoms with Gasteiger partial charge in [-0.15, -0.1) is 6.58 Å². The molecule has 0 saturated carbocycles. The van der Waals surface area contributed by atoms with E-state index in [-0.39, 0.29) is 23.6 Å². The number of nitrogens with zero attached hydrogens (tertiary/aromatic N) is 1. The molecule has 1 aromatic carbocycles. The van der Waals surface area contributed by atoms with E-state index in [0.717, 1.165) is 31.2 Å². The molecule has 0 bridgehead atoms. The average molecular weight is 349 g/mol. The Hall–Kier alpha value is -2.17. The predicted octanol–water partition coefficient (Wildman–Crippen LogP) is 4.97. The van der Waals surface area contributed by atoms with E-state index in [4.69, 9.17) is 4.74 Å². The molecule has 0 radical (unpaired) electrons. The monoisotopic (exact) mass is 349 g/mol. The first-order valence-corrected chi connectivity index (χ1v) is 8.79. The van der Waals surface area contributed by atoms with Crippen LogP contribution >= 0.6 is 0 Å². The van der Waals surface area contributed by atoms with Gasteiger partial charge in [-0.2, -0.15) is 0 Å². The number of allylic oxidation sites excluding steroid dienone is 1. The zero-order valence-corrected chi connectivity index (χ0v) is 15.8. The Labute approximate surface area is 150 Å². The van der Waals surface area contributed by atoms with Crippen LogP contribution in [0.5, 0.6) is 11.5 Å². The van der Waals surface area contributed by atoms with E-state index in [1.165, 1.54) is 12.1 Å². The highest BCUT2D eigenvalue weighted by Gasteiger charge is 2.28. The molecule has 1 rings (SSSR count). The van der Waals surface area contributed by atoms with E-state index < -0.39 is 5.60 Å². The Morgan fingerprint density at radius 2 is 1.96 bits per heavy atom. The molecule has 5 nitrogen and oxygen atoms in total. The lowest BCUT2D eigenvalue weighted by Crippen LogP contribution is -2.43. The lowest BCUT2D eigenvalue weighted by molar-refractivity contribution is 0.0120. The topological polar surface area (TPSA) is 70.0 Å². The smallest absolute Gasteiger partial charge is 0.410 e. The molecule has 1 unspecified atom stereocenters. The summed E-state index contributed by atoms with van der Waals surface area (Å²) in [6.07, 6.45) is 4.90. The van der Waals surface area contributed by atoms with Crippen LogP contribution in [0.1, 0.15) is 58.9 Å². The lowest BCUT2D eigenvalue weighted by atomic mass is 10.0. The Balaban J connectivity index is 3.08. The van der Waals surface area contributed by atoms with E-state index >= 15 is 0 Å². The normalized spacial score (nSPS) is 12.5. The van der Waals surface area contributed by atoms with Gasteiger partial charge in [0.2, 0.25) is 0 Å². The zero-order chi connectivity index (χ0) is 19.0. The molecule has 25 heavy (non-hydrogen) atoms. The second-order valence-electron chi connectivity index (χ2n) is 7.24. The quantitative estimate of drug-likeness (QED) is 0.513. The minimum absolute atomic E-state index is 0.0220. The van der Waals surface area contributed by atoms with Gasteiger partial charge in [-0.1, -0.05) is 25.5 Å². The summed E-state index contributed by atoms with van der Waals surface area (Å²) in [5.74, 6) is -0.371. The molecule has 140 valence electrons. The SMILES string of the molecule is C=CCCC(CCC)N(Cc1ccc(O)c(O)c1)C(=O)OC(C)(C)C. The maximum atomic E-state index is 12.8. The molecule has 0 aliphatic carbocycles. The van der Waals surface area contributed by atoms with Gasteiger partial charge in [0.05, 0.1) is 0 Å². The van der Waals surface area contributed by atoms with Crippen LogP contribution in [0.4, 0.5) is 4.79 Å². The summed E-state index contributed by atoms with van der Waals surface area (Å²) in [6, 6.07) is 4.62. The molecule has 0 heterocycles. The zero-order valence-electron chi connectivity index (χ0n) is 15.8. The second-order valence-corrected chi connectivity index (χ2v) is 7.24. The molecule has 1 aromatic rings. The highest BCUT2D eigenvalue weighted by Crippen LogP contribution is 2.27. The van der Waals surface area contributed by atoms with Crippen molar-refractivity contribution in [3.05, 3.63) is 36.4 Å². The largest absolute Gasteiger partial charge is 0.504 e. The number of hydrogen-bond acceptors (Lipinski definition) is 4. The number of carbonyl (C=O) groups excluding carboxylic acids is 1. The third-order valence-corrected chi connectivity index (χ3v) is 3.79. The first-order valence-electron chi connectivity index (χ1n) is 8.79. The summed E-state index contributed by atoms with van der Waals surface area (Å²) in [7, 11) is 0. The van der Waals surface area contributed by atoms with Crippen LogP contribution in [-0.2, 0) is 11.3 Å². The molecule has 0 aliphatic heterocycles. The summed E-state index contributed by atoms with van der Waals surface area (Å²) in [5.41, 5.74) is 0.155. The summed E-state index contributed by atoms with van der Waals surface area (Å²) in [6.45, 7) is 11.7. The number of phenolic OH excluding ortho intramolecular Hbond substituents is 2. The molecule has 5 heteroatoms. The summed E-state index contributed by atoms with van der Waals surface area (Å²) < 4.78 is 5.58. The van der Waals surface area contributed by atoms with Crippen molar-refractivity contribution in [2.75, 3.05) is 0 Å². The number of rotatable bonds is 8.